The maximum absolute atomic E-state index is 12.9. The first-order chi connectivity index (χ1) is 14.9. The van der Waals surface area contributed by atoms with Crippen LogP contribution in [-0.4, -0.2) is 26.2 Å². The van der Waals surface area contributed by atoms with E-state index in [1.165, 1.54) is 11.8 Å². The summed E-state index contributed by atoms with van der Waals surface area (Å²) in [6.45, 7) is 6.48. The van der Waals surface area contributed by atoms with Crippen LogP contribution in [0.3, 0.4) is 0 Å². The summed E-state index contributed by atoms with van der Waals surface area (Å²) >= 11 is 1.24. The van der Waals surface area contributed by atoms with Crippen molar-refractivity contribution in [1.29, 1.82) is 0 Å². The maximum Gasteiger partial charge on any atom is 0.263 e. The molecule has 0 saturated heterocycles. The molecule has 1 amide bonds. The Kier molecular flexibility index (Phi) is 6.08. The van der Waals surface area contributed by atoms with E-state index in [0.29, 0.717) is 28.5 Å². The van der Waals surface area contributed by atoms with Gasteiger partial charge in [0.25, 0.3) is 5.56 Å². The molecule has 0 fully saturated rings. The summed E-state index contributed by atoms with van der Waals surface area (Å²) in [7, 11) is 0. The second-order valence-corrected chi connectivity index (χ2v) is 8.79. The van der Waals surface area contributed by atoms with Crippen molar-refractivity contribution >= 4 is 39.7 Å². The van der Waals surface area contributed by atoms with Crippen molar-refractivity contribution in [2.75, 3.05) is 5.75 Å². The van der Waals surface area contributed by atoms with Crippen LogP contribution in [0, 0.1) is 5.92 Å². The fourth-order valence-corrected chi connectivity index (χ4v) is 4.18. The molecule has 4 rings (SSSR count). The lowest BCUT2D eigenvalue weighted by Crippen LogP contribution is -2.29. The zero-order valence-electron chi connectivity index (χ0n) is 17.7. The number of amides is 1. The number of hydrogen-bond acceptors (Lipinski definition) is 6. The molecule has 0 spiro atoms. The van der Waals surface area contributed by atoms with Gasteiger partial charge in [0.05, 0.1) is 17.2 Å². The standard InChI is InChI=1S/C23H24N4O3S/c1-14(2)12-27-22(29)17-8-6-10-24-21(17)26-23(27)31-13-20(28)25-15(3)19-11-16-7-4-5-9-18(16)30-19/h4-11,14-15H,12-13H2,1-3H3,(H,25,28)/t15-/m1/s1. The second kappa shape index (κ2) is 8.93. The summed E-state index contributed by atoms with van der Waals surface area (Å²) in [6, 6.07) is 12.8. The SMILES string of the molecule is CC(C)Cn1c(SCC(=O)N[C@H](C)c2cc3ccccc3o2)nc2ncccc2c1=O. The molecular formula is C23H24N4O3S. The molecule has 0 unspecified atom stereocenters. The first-order valence-corrected chi connectivity index (χ1v) is 11.2. The van der Waals surface area contributed by atoms with E-state index in [2.05, 4.69) is 15.3 Å². The topological polar surface area (TPSA) is 90.0 Å². The summed E-state index contributed by atoms with van der Waals surface area (Å²) in [5.41, 5.74) is 1.05. The molecule has 0 aliphatic heterocycles. The summed E-state index contributed by atoms with van der Waals surface area (Å²) in [5, 5.41) is 4.93. The first kappa shape index (κ1) is 21.1. The van der Waals surface area contributed by atoms with Crippen molar-refractivity contribution < 1.29 is 9.21 Å². The lowest BCUT2D eigenvalue weighted by Gasteiger charge is -2.15. The number of rotatable bonds is 7. The number of nitrogens with zero attached hydrogens (tertiary/aromatic N) is 3. The average Bonchev–Trinajstić information content (AvgIpc) is 3.19. The Hall–Kier alpha value is -3.13. The Balaban J connectivity index is 1.50. The predicted molar refractivity (Wildman–Crippen MR) is 122 cm³/mol. The van der Waals surface area contributed by atoms with Crippen molar-refractivity contribution in [2.24, 2.45) is 5.92 Å². The van der Waals surface area contributed by atoms with Gasteiger partial charge in [0, 0.05) is 18.1 Å². The van der Waals surface area contributed by atoms with Gasteiger partial charge in [0.1, 0.15) is 11.3 Å². The summed E-state index contributed by atoms with van der Waals surface area (Å²) in [4.78, 5) is 34.3. The highest BCUT2D eigenvalue weighted by atomic mass is 32.2. The number of furan rings is 1. The van der Waals surface area contributed by atoms with Crippen LogP contribution in [0.2, 0.25) is 0 Å². The van der Waals surface area contributed by atoms with Gasteiger partial charge in [0.2, 0.25) is 5.91 Å². The van der Waals surface area contributed by atoms with Gasteiger partial charge in [-0.2, -0.15) is 0 Å². The van der Waals surface area contributed by atoms with E-state index >= 15 is 0 Å². The first-order valence-electron chi connectivity index (χ1n) is 10.2. The number of carbonyl (C=O) groups is 1. The number of para-hydroxylation sites is 1. The van der Waals surface area contributed by atoms with Crippen molar-refractivity contribution in [1.82, 2.24) is 19.9 Å². The third-order valence-electron chi connectivity index (χ3n) is 4.82. The highest BCUT2D eigenvalue weighted by molar-refractivity contribution is 7.99. The highest BCUT2D eigenvalue weighted by Gasteiger charge is 2.17. The van der Waals surface area contributed by atoms with Gasteiger partial charge in [-0.15, -0.1) is 0 Å². The van der Waals surface area contributed by atoms with Crippen LogP contribution in [0.5, 0.6) is 0 Å². The molecule has 3 aromatic heterocycles. The van der Waals surface area contributed by atoms with Crippen LogP contribution in [0.25, 0.3) is 22.0 Å². The molecule has 4 aromatic rings. The predicted octanol–water partition coefficient (Wildman–Crippen LogP) is 4.16. The van der Waals surface area contributed by atoms with E-state index in [1.54, 1.807) is 22.9 Å². The molecule has 160 valence electrons. The number of carbonyl (C=O) groups excluding carboxylic acids is 1. The molecule has 1 N–H and O–H groups in total. The highest BCUT2D eigenvalue weighted by Crippen LogP contribution is 2.24. The Bertz CT molecular complexity index is 1260. The lowest BCUT2D eigenvalue weighted by atomic mass is 10.2. The zero-order chi connectivity index (χ0) is 22.0. The van der Waals surface area contributed by atoms with E-state index in [9.17, 15) is 9.59 Å². The van der Waals surface area contributed by atoms with Crippen LogP contribution < -0.4 is 10.9 Å². The fourth-order valence-electron chi connectivity index (χ4n) is 3.37. The van der Waals surface area contributed by atoms with Gasteiger partial charge in [-0.25, -0.2) is 9.97 Å². The largest absolute Gasteiger partial charge is 0.459 e. The van der Waals surface area contributed by atoms with E-state index in [-0.39, 0.29) is 29.2 Å². The normalized spacial score (nSPS) is 12.5. The quantitative estimate of drug-likeness (QED) is 0.346. The van der Waals surface area contributed by atoms with Crippen LogP contribution in [0.4, 0.5) is 0 Å². The van der Waals surface area contributed by atoms with Gasteiger partial charge in [-0.3, -0.25) is 14.2 Å². The number of hydrogen-bond donors (Lipinski definition) is 1. The lowest BCUT2D eigenvalue weighted by molar-refractivity contribution is -0.119. The Labute approximate surface area is 183 Å². The van der Waals surface area contributed by atoms with Crippen LogP contribution in [0.1, 0.15) is 32.6 Å². The number of thioether (sulfide) groups is 1. The van der Waals surface area contributed by atoms with Gasteiger partial charge < -0.3 is 9.73 Å². The molecule has 31 heavy (non-hydrogen) atoms. The molecular weight excluding hydrogens is 412 g/mol. The molecule has 1 atom stereocenters. The number of benzene rings is 1. The third kappa shape index (κ3) is 4.64. The third-order valence-corrected chi connectivity index (χ3v) is 5.80. The number of aromatic nitrogens is 3. The molecule has 0 saturated carbocycles. The van der Waals surface area contributed by atoms with E-state index in [1.807, 2.05) is 51.1 Å². The van der Waals surface area contributed by atoms with E-state index in [0.717, 1.165) is 11.0 Å². The van der Waals surface area contributed by atoms with Crippen molar-refractivity contribution in [2.45, 2.75) is 38.5 Å². The minimum atomic E-state index is -0.274. The van der Waals surface area contributed by atoms with Gasteiger partial charge in [-0.05, 0) is 37.1 Å². The van der Waals surface area contributed by atoms with Crippen LogP contribution in [0.15, 0.2) is 63.0 Å². The molecule has 8 heteroatoms. The minimum absolute atomic E-state index is 0.132. The molecule has 1 aromatic carbocycles. The number of fused-ring (bicyclic) bond motifs is 2. The van der Waals surface area contributed by atoms with Crippen molar-refractivity contribution in [3.8, 4) is 0 Å². The second-order valence-electron chi connectivity index (χ2n) is 7.84. The molecule has 0 radical (unpaired) electrons. The van der Waals surface area contributed by atoms with Gasteiger partial charge in [-0.1, -0.05) is 43.8 Å². The molecule has 3 heterocycles. The van der Waals surface area contributed by atoms with Crippen LogP contribution >= 0.6 is 11.8 Å². The molecule has 0 aliphatic carbocycles. The summed E-state index contributed by atoms with van der Waals surface area (Å²) < 4.78 is 7.47. The Morgan fingerprint density at radius 1 is 1.19 bits per heavy atom. The number of pyridine rings is 1. The number of nitrogens with one attached hydrogen (secondary N) is 1. The van der Waals surface area contributed by atoms with Gasteiger partial charge >= 0.3 is 0 Å². The zero-order valence-corrected chi connectivity index (χ0v) is 18.5. The van der Waals surface area contributed by atoms with Crippen molar-refractivity contribution in [3.63, 3.8) is 0 Å². The van der Waals surface area contributed by atoms with Crippen molar-refractivity contribution in [3.05, 3.63) is 64.8 Å². The molecule has 0 bridgehead atoms. The molecule has 0 aliphatic rings. The molecule has 7 nitrogen and oxygen atoms in total. The Morgan fingerprint density at radius 3 is 2.77 bits per heavy atom. The van der Waals surface area contributed by atoms with Crippen LogP contribution in [-0.2, 0) is 11.3 Å². The average molecular weight is 437 g/mol. The van der Waals surface area contributed by atoms with Gasteiger partial charge in [0.15, 0.2) is 10.8 Å². The Morgan fingerprint density at radius 2 is 2.00 bits per heavy atom. The summed E-state index contributed by atoms with van der Waals surface area (Å²) in [5.74, 6) is 0.927. The van der Waals surface area contributed by atoms with E-state index < -0.39 is 0 Å². The smallest absolute Gasteiger partial charge is 0.263 e. The minimum Gasteiger partial charge on any atom is -0.459 e. The maximum atomic E-state index is 12.9. The monoisotopic (exact) mass is 436 g/mol. The summed E-state index contributed by atoms with van der Waals surface area (Å²) in [6.07, 6.45) is 1.61. The van der Waals surface area contributed by atoms with E-state index in [4.69, 9.17) is 4.42 Å². The fraction of sp³-hybridized carbons (Fsp3) is 0.304.